The molecule has 0 saturated carbocycles. The van der Waals surface area contributed by atoms with E-state index in [0.717, 1.165) is 37.5 Å². The summed E-state index contributed by atoms with van der Waals surface area (Å²) in [4.78, 5) is 11.5. The molecule has 0 fully saturated rings. The molecule has 0 aliphatic heterocycles. The number of carbonyl (C=O) groups is 1. The highest BCUT2D eigenvalue weighted by Gasteiger charge is 2.12. The molecule has 0 spiro atoms. The van der Waals surface area contributed by atoms with Gasteiger partial charge in [0.15, 0.2) is 5.78 Å². The van der Waals surface area contributed by atoms with Crippen molar-refractivity contribution in [2.24, 2.45) is 0 Å². The molecule has 1 aromatic carbocycles. The van der Waals surface area contributed by atoms with Crippen molar-refractivity contribution >= 4 is 5.78 Å². The highest BCUT2D eigenvalue weighted by molar-refractivity contribution is 5.97. The lowest BCUT2D eigenvalue weighted by molar-refractivity contribution is 0.0748. The molecule has 0 aromatic heterocycles. The molecule has 0 aliphatic carbocycles. The van der Waals surface area contributed by atoms with Crippen LogP contribution < -0.4 is 0 Å². The quantitative estimate of drug-likeness (QED) is 0.541. The zero-order chi connectivity index (χ0) is 12.7. The minimum absolute atomic E-state index is 0.204. The van der Waals surface area contributed by atoms with Crippen LogP contribution in [0.1, 0.15) is 36.5 Å². The first-order valence-electron chi connectivity index (χ1n) is 5.71. The smallest absolute Gasteiger partial charge is 0.191 e. The van der Waals surface area contributed by atoms with E-state index in [0.29, 0.717) is 6.61 Å². The van der Waals surface area contributed by atoms with E-state index >= 15 is 0 Å². The number of hydrogen-bond acceptors (Lipinski definition) is 2. The molecule has 0 aliphatic rings. The van der Waals surface area contributed by atoms with Gasteiger partial charge in [-0.15, -0.1) is 0 Å². The van der Waals surface area contributed by atoms with Crippen LogP contribution in [0.15, 0.2) is 18.2 Å². The number of hydrogen-bond donors (Lipinski definition) is 0. The maximum absolute atomic E-state index is 13.2. The van der Waals surface area contributed by atoms with Crippen molar-refractivity contribution in [1.82, 2.24) is 0 Å². The maximum atomic E-state index is 13.2. The number of Topliss-reactive ketones (excluding diaryl/α,β-unsaturated/α-hetero) is 1. The maximum Gasteiger partial charge on any atom is 0.191 e. The fourth-order valence-corrected chi connectivity index (χ4v) is 1.41. The average molecular weight is 242 g/mol. The standard InChI is InChI=1S/C13H16F2O2/c1-2-3-4-7-17-9-13(16)11-8-10(14)5-6-12(11)15/h5-6,8H,2-4,7,9H2,1H3. The summed E-state index contributed by atoms with van der Waals surface area (Å²) in [5.41, 5.74) is -0.250. The third-order valence-corrected chi connectivity index (χ3v) is 2.35. The van der Waals surface area contributed by atoms with Gasteiger partial charge in [0.2, 0.25) is 0 Å². The highest BCUT2D eigenvalue weighted by Crippen LogP contribution is 2.10. The summed E-state index contributed by atoms with van der Waals surface area (Å²) in [6.45, 7) is 2.33. The molecule has 17 heavy (non-hydrogen) atoms. The molecule has 4 heteroatoms. The second-order valence-corrected chi connectivity index (χ2v) is 3.81. The minimum Gasteiger partial charge on any atom is -0.373 e. The number of ether oxygens (including phenoxy) is 1. The minimum atomic E-state index is -0.714. The molecule has 0 bridgehead atoms. The van der Waals surface area contributed by atoms with Gasteiger partial charge in [-0.2, -0.15) is 0 Å². The van der Waals surface area contributed by atoms with E-state index in [-0.39, 0.29) is 12.2 Å². The zero-order valence-corrected chi connectivity index (χ0v) is 9.84. The Kier molecular flexibility index (Phi) is 5.77. The van der Waals surface area contributed by atoms with E-state index in [1.54, 1.807) is 0 Å². The first-order chi connectivity index (χ1) is 8.15. The van der Waals surface area contributed by atoms with Crippen molar-refractivity contribution in [3.8, 4) is 0 Å². The number of benzene rings is 1. The molecule has 0 amide bonds. The summed E-state index contributed by atoms with van der Waals surface area (Å²) in [7, 11) is 0. The van der Waals surface area contributed by atoms with Crippen LogP contribution in [0, 0.1) is 11.6 Å². The lowest BCUT2D eigenvalue weighted by Crippen LogP contribution is -2.12. The van der Waals surface area contributed by atoms with Gasteiger partial charge < -0.3 is 4.74 Å². The number of carbonyl (C=O) groups excluding carboxylic acids is 1. The Labute approximate surface area is 99.6 Å². The molecule has 2 nitrogen and oxygen atoms in total. The van der Waals surface area contributed by atoms with Crippen LogP contribution in [0.5, 0.6) is 0 Å². The summed E-state index contributed by atoms with van der Waals surface area (Å²) < 4.78 is 31.2. The summed E-state index contributed by atoms with van der Waals surface area (Å²) in [6.07, 6.45) is 2.97. The lowest BCUT2D eigenvalue weighted by atomic mass is 10.1. The summed E-state index contributed by atoms with van der Waals surface area (Å²) in [6, 6.07) is 2.82. The Morgan fingerprint density at radius 3 is 2.76 bits per heavy atom. The van der Waals surface area contributed by atoms with Gasteiger partial charge in [0.25, 0.3) is 0 Å². The Morgan fingerprint density at radius 1 is 1.29 bits per heavy atom. The monoisotopic (exact) mass is 242 g/mol. The Balaban J connectivity index is 2.44. The zero-order valence-electron chi connectivity index (χ0n) is 9.84. The average Bonchev–Trinajstić information content (AvgIpc) is 2.32. The van der Waals surface area contributed by atoms with Crippen molar-refractivity contribution in [3.05, 3.63) is 35.4 Å². The fraction of sp³-hybridized carbons (Fsp3) is 0.462. The van der Waals surface area contributed by atoms with E-state index < -0.39 is 17.4 Å². The molecule has 0 radical (unpaired) electrons. The van der Waals surface area contributed by atoms with E-state index in [2.05, 4.69) is 6.92 Å². The molecule has 0 atom stereocenters. The molecular formula is C13H16F2O2. The normalized spacial score (nSPS) is 10.5. The van der Waals surface area contributed by atoms with E-state index in [1.165, 1.54) is 0 Å². The number of unbranched alkanes of at least 4 members (excludes halogenated alkanes) is 2. The van der Waals surface area contributed by atoms with Crippen LogP contribution in [-0.2, 0) is 4.74 Å². The number of halogens is 2. The van der Waals surface area contributed by atoms with Crippen molar-refractivity contribution < 1.29 is 18.3 Å². The third kappa shape index (κ3) is 4.61. The van der Waals surface area contributed by atoms with E-state index in [1.807, 2.05) is 0 Å². The third-order valence-electron chi connectivity index (χ3n) is 2.35. The number of rotatable bonds is 7. The predicted octanol–water partition coefficient (Wildman–Crippen LogP) is 3.35. The molecule has 0 heterocycles. The van der Waals surface area contributed by atoms with Gasteiger partial charge in [0.1, 0.15) is 18.2 Å². The van der Waals surface area contributed by atoms with E-state index in [4.69, 9.17) is 4.74 Å². The van der Waals surface area contributed by atoms with Crippen molar-refractivity contribution in [2.45, 2.75) is 26.2 Å². The Bertz CT molecular complexity index is 378. The van der Waals surface area contributed by atoms with Crippen molar-refractivity contribution in [1.29, 1.82) is 0 Å². The second kappa shape index (κ2) is 7.12. The van der Waals surface area contributed by atoms with Gasteiger partial charge in [-0.1, -0.05) is 19.8 Å². The van der Waals surface area contributed by atoms with Crippen LogP contribution in [0.4, 0.5) is 8.78 Å². The van der Waals surface area contributed by atoms with Gasteiger partial charge in [-0.25, -0.2) is 8.78 Å². The van der Waals surface area contributed by atoms with Crippen LogP contribution in [-0.4, -0.2) is 19.0 Å². The number of ketones is 1. The van der Waals surface area contributed by atoms with Crippen molar-refractivity contribution in [2.75, 3.05) is 13.2 Å². The molecule has 1 aromatic rings. The van der Waals surface area contributed by atoms with Crippen molar-refractivity contribution in [3.63, 3.8) is 0 Å². The summed E-state index contributed by atoms with van der Waals surface area (Å²) in [5.74, 6) is -1.87. The van der Waals surface area contributed by atoms with Crippen LogP contribution in [0.2, 0.25) is 0 Å². The molecule has 0 unspecified atom stereocenters. The Morgan fingerprint density at radius 2 is 2.06 bits per heavy atom. The van der Waals surface area contributed by atoms with E-state index in [9.17, 15) is 13.6 Å². The molecular weight excluding hydrogens is 226 g/mol. The molecule has 0 N–H and O–H groups in total. The topological polar surface area (TPSA) is 26.3 Å². The first kappa shape index (κ1) is 13.8. The Hall–Kier alpha value is -1.29. The molecule has 0 saturated heterocycles. The first-order valence-corrected chi connectivity index (χ1v) is 5.71. The van der Waals surface area contributed by atoms with Gasteiger partial charge in [0, 0.05) is 6.61 Å². The molecule has 1 rings (SSSR count). The summed E-state index contributed by atoms with van der Waals surface area (Å²) >= 11 is 0. The summed E-state index contributed by atoms with van der Waals surface area (Å²) in [5, 5.41) is 0. The second-order valence-electron chi connectivity index (χ2n) is 3.81. The van der Waals surface area contributed by atoms with Gasteiger partial charge in [-0.05, 0) is 24.6 Å². The molecule has 94 valence electrons. The van der Waals surface area contributed by atoms with Gasteiger partial charge in [0.05, 0.1) is 5.56 Å². The van der Waals surface area contributed by atoms with Gasteiger partial charge in [-0.3, -0.25) is 4.79 Å². The van der Waals surface area contributed by atoms with Crippen LogP contribution >= 0.6 is 0 Å². The van der Waals surface area contributed by atoms with Gasteiger partial charge >= 0.3 is 0 Å². The SMILES string of the molecule is CCCCCOCC(=O)c1cc(F)ccc1F. The largest absolute Gasteiger partial charge is 0.373 e. The predicted molar refractivity (Wildman–Crippen MR) is 61.0 cm³/mol. The van der Waals surface area contributed by atoms with Crippen LogP contribution in [0.3, 0.4) is 0 Å². The highest BCUT2D eigenvalue weighted by atomic mass is 19.1. The van der Waals surface area contributed by atoms with Crippen LogP contribution in [0.25, 0.3) is 0 Å². The fourth-order valence-electron chi connectivity index (χ4n) is 1.41. The lowest BCUT2D eigenvalue weighted by Gasteiger charge is -2.04.